The Morgan fingerprint density at radius 2 is 2.00 bits per heavy atom. The molecule has 0 bridgehead atoms. The van der Waals surface area contributed by atoms with E-state index in [9.17, 15) is 9.18 Å². The van der Waals surface area contributed by atoms with Gasteiger partial charge in [-0.3, -0.25) is 4.79 Å². The number of carbonyl (C=O) groups is 1. The Morgan fingerprint density at radius 3 is 2.78 bits per heavy atom. The van der Waals surface area contributed by atoms with Crippen molar-refractivity contribution in [1.29, 1.82) is 0 Å². The second-order valence-electron chi connectivity index (χ2n) is 6.45. The lowest BCUT2D eigenvalue weighted by atomic mass is 10.1. The summed E-state index contributed by atoms with van der Waals surface area (Å²) in [7, 11) is 0. The number of likely N-dealkylation sites (tertiary alicyclic amines) is 1. The van der Waals surface area contributed by atoms with E-state index in [0.717, 1.165) is 44.1 Å². The van der Waals surface area contributed by atoms with Crippen LogP contribution in [0.4, 0.5) is 4.39 Å². The highest BCUT2D eigenvalue weighted by Gasteiger charge is 2.28. The minimum Gasteiger partial charge on any atom is -0.334 e. The highest BCUT2D eigenvalue weighted by Crippen LogP contribution is 2.21. The maximum Gasteiger partial charge on any atom is 0.254 e. The average Bonchev–Trinajstić information content (AvgIpc) is 2.81. The normalized spacial score (nSPS) is 23.5. The number of piperidine rings is 1. The maximum absolute atomic E-state index is 13.5. The molecule has 1 amide bonds. The smallest absolute Gasteiger partial charge is 0.254 e. The molecule has 3 rings (SSSR count). The van der Waals surface area contributed by atoms with E-state index >= 15 is 0 Å². The van der Waals surface area contributed by atoms with E-state index in [-0.39, 0.29) is 17.8 Å². The molecule has 0 spiro atoms. The zero-order valence-corrected chi connectivity index (χ0v) is 14.4. The van der Waals surface area contributed by atoms with Crippen LogP contribution in [0.2, 0.25) is 0 Å². The van der Waals surface area contributed by atoms with Gasteiger partial charge in [-0.1, -0.05) is 12.5 Å². The van der Waals surface area contributed by atoms with Crippen LogP contribution in [0.25, 0.3) is 0 Å². The zero-order valence-electron chi connectivity index (χ0n) is 13.5. The van der Waals surface area contributed by atoms with E-state index in [1.165, 1.54) is 31.4 Å². The van der Waals surface area contributed by atoms with Crippen LogP contribution in [-0.4, -0.2) is 59.4 Å². The molecule has 1 atom stereocenters. The third kappa shape index (κ3) is 4.48. The van der Waals surface area contributed by atoms with Crippen LogP contribution < -0.4 is 0 Å². The lowest BCUT2D eigenvalue weighted by molar-refractivity contribution is 0.0645. The number of thioether (sulfide) groups is 1. The third-order valence-electron chi connectivity index (χ3n) is 4.69. The van der Waals surface area contributed by atoms with Crippen LogP contribution in [0.3, 0.4) is 0 Å². The van der Waals surface area contributed by atoms with Gasteiger partial charge in [0, 0.05) is 24.4 Å². The number of halogens is 1. The molecular formula is C18H25FN2OS. The van der Waals surface area contributed by atoms with Gasteiger partial charge in [-0.25, -0.2) is 4.39 Å². The second kappa shape index (κ2) is 8.15. The van der Waals surface area contributed by atoms with Crippen molar-refractivity contribution in [2.75, 3.05) is 37.7 Å². The van der Waals surface area contributed by atoms with Gasteiger partial charge in [0.15, 0.2) is 0 Å². The molecule has 0 N–H and O–H groups in total. The fourth-order valence-corrected chi connectivity index (χ4v) is 4.53. The van der Waals surface area contributed by atoms with Gasteiger partial charge in [0.25, 0.3) is 5.91 Å². The number of hydrogen-bond acceptors (Lipinski definition) is 3. The number of benzene rings is 1. The van der Waals surface area contributed by atoms with Crippen molar-refractivity contribution < 1.29 is 9.18 Å². The number of carbonyl (C=O) groups excluding carboxylic acids is 1. The standard InChI is InChI=1S/C18H25FN2OS/c19-16-7-4-6-15(12-16)18(22)21-10-5-11-23-14-17(21)13-20-8-2-1-3-9-20/h4,6-7,12,17H,1-3,5,8-11,13-14H2. The van der Waals surface area contributed by atoms with Crippen LogP contribution in [0.15, 0.2) is 24.3 Å². The molecule has 5 heteroatoms. The molecule has 1 aromatic rings. The summed E-state index contributed by atoms with van der Waals surface area (Å²) in [6.07, 6.45) is 4.86. The minimum absolute atomic E-state index is 0.0194. The van der Waals surface area contributed by atoms with Gasteiger partial charge in [-0.05, 0) is 56.3 Å². The summed E-state index contributed by atoms with van der Waals surface area (Å²) < 4.78 is 13.5. The van der Waals surface area contributed by atoms with Gasteiger partial charge in [0.1, 0.15) is 5.82 Å². The molecule has 0 radical (unpaired) electrons. The van der Waals surface area contributed by atoms with Crippen molar-refractivity contribution in [3.63, 3.8) is 0 Å². The fourth-order valence-electron chi connectivity index (χ4n) is 3.47. The molecule has 2 fully saturated rings. The minimum atomic E-state index is -0.340. The molecule has 3 nitrogen and oxygen atoms in total. The lowest BCUT2D eigenvalue weighted by Gasteiger charge is -2.35. The molecule has 2 saturated heterocycles. The predicted octanol–water partition coefficient (Wildman–Crippen LogP) is 3.26. The summed E-state index contributed by atoms with van der Waals surface area (Å²) in [5.74, 6) is 1.72. The van der Waals surface area contributed by atoms with Crippen LogP contribution in [0, 0.1) is 5.82 Å². The summed E-state index contributed by atoms with van der Waals surface area (Å²) in [4.78, 5) is 17.4. The van der Waals surface area contributed by atoms with Gasteiger partial charge in [-0.2, -0.15) is 11.8 Å². The van der Waals surface area contributed by atoms with E-state index in [4.69, 9.17) is 0 Å². The first kappa shape index (κ1) is 16.8. The number of amides is 1. The fraction of sp³-hybridized carbons (Fsp3) is 0.611. The largest absolute Gasteiger partial charge is 0.334 e. The molecule has 2 aliphatic heterocycles. The molecule has 2 aliphatic rings. The molecular weight excluding hydrogens is 311 g/mol. The SMILES string of the molecule is O=C(c1cccc(F)c1)N1CCCSCC1CN1CCCCC1. The van der Waals surface area contributed by atoms with E-state index in [2.05, 4.69) is 4.90 Å². The first-order valence-electron chi connectivity index (χ1n) is 8.61. The topological polar surface area (TPSA) is 23.6 Å². The van der Waals surface area contributed by atoms with Crippen molar-refractivity contribution in [2.45, 2.75) is 31.7 Å². The number of hydrogen-bond donors (Lipinski definition) is 0. The summed E-state index contributed by atoms with van der Waals surface area (Å²) in [5, 5.41) is 0. The Labute approximate surface area is 142 Å². The zero-order chi connectivity index (χ0) is 16.1. The van der Waals surface area contributed by atoms with Crippen molar-refractivity contribution in [3.05, 3.63) is 35.6 Å². The van der Waals surface area contributed by atoms with Gasteiger partial charge in [0.2, 0.25) is 0 Å². The number of nitrogens with zero attached hydrogens (tertiary/aromatic N) is 2. The van der Waals surface area contributed by atoms with Crippen LogP contribution in [0.1, 0.15) is 36.0 Å². The van der Waals surface area contributed by atoms with Crippen LogP contribution in [-0.2, 0) is 0 Å². The molecule has 0 aromatic heterocycles. The quantitative estimate of drug-likeness (QED) is 0.846. The van der Waals surface area contributed by atoms with Gasteiger partial charge in [0.05, 0.1) is 6.04 Å². The third-order valence-corrected chi connectivity index (χ3v) is 5.89. The second-order valence-corrected chi connectivity index (χ2v) is 7.60. The van der Waals surface area contributed by atoms with Crippen molar-refractivity contribution in [1.82, 2.24) is 9.80 Å². The van der Waals surface area contributed by atoms with E-state index in [0.29, 0.717) is 5.56 Å². The Morgan fingerprint density at radius 1 is 1.17 bits per heavy atom. The molecule has 126 valence electrons. The maximum atomic E-state index is 13.5. The lowest BCUT2D eigenvalue weighted by Crippen LogP contribution is -2.49. The Balaban J connectivity index is 1.73. The van der Waals surface area contributed by atoms with Crippen LogP contribution >= 0.6 is 11.8 Å². The Kier molecular flexibility index (Phi) is 5.95. The summed E-state index contributed by atoms with van der Waals surface area (Å²) in [6, 6.07) is 6.32. The van der Waals surface area contributed by atoms with Crippen LogP contribution in [0.5, 0.6) is 0 Å². The monoisotopic (exact) mass is 336 g/mol. The highest BCUT2D eigenvalue weighted by atomic mass is 32.2. The first-order valence-corrected chi connectivity index (χ1v) is 9.76. The Bertz CT molecular complexity index is 534. The Hall–Kier alpha value is -1.07. The predicted molar refractivity (Wildman–Crippen MR) is 93.5 cm³/mol. The average molecular weight is 336 g/mol. The summed E-state index contributed by atoms with van der Waals surface area (Å²) in [5.41, 5.74) is 0.473. The van der Waals surface area contributed by atoms with E-state index in [1.807, 2.05) is 16.7 Å². The molecule has 1 unspecified atom stereocenters. The van der Waals surface area contributed by atoms with Crippen molar-refractivity contribution in [3.8, 4) is 0 Å². The van der Waals surface area contributed by atoms with Crippen molar-refractivity contribution >= 4 is 17.7 Å². The van der Waals surface area contributed by atoms with E-state index < -0.39 is 0 Å². The molecule has 0 aliphatic carbocycles. The van der Waals surface area contributed by atoms with Gasteiger partial charge >= 0.3 is 0 Å². The summed E-state index contributed by atoms with van der Waals surface area (Å²) in [6.45, 7) is 4.02. The van der Waals surface area contributed by atoms with E-state index in [1.54, 1.807) is 12.1 Å². The van der Waals surface area contributed by atoms with Crippen molar-refractivity contribution in [2.24, 2.45) is 0 Å². The number of rotatable bonds is 3. The van der Waals surface area contributed by atoms with Gasteiger partial charge in [-0.15, -0.1) is 0 Å². The molecule has 1 aromatic carbocycles. The highest BCUT2D eigenvalue weighted by molar-refractivity contribution is 7.99. The first-order chi connectivity index (χ1) is 11.2. The molecule has 2 heterocycles. The molecule has 23 heavy (non-hydrogen) atoms. The van der Waals surface area contributed by atoms with Gasteiger partial charge < -0.3 is 9.80 Å². The summed E-state index contributed by atoms with van der Waals surface area (Å²) >= 11 is 1.94. The molecule has 0 saturated carbocycles.